The SMILES string of the molecule is CC(C)CCC(C)NC(=O)CCCCCCN. The summed E-state index contributed by atoms with van der Waals surface area (Å²) in [5.74, 6) is 0.916. The first kappa shape index (κ1) is 16.4. The molecule has 0 aliphatic heterocycles. The molecule has 0 aromatic carbocycles. The van der Waals surface area contributed by atoms with Gasteiger partial charge < -0.3 is 11.1 Å². The van der Waals surface area contributed by atoms with Gasteiger partial charge in [-0.2, -0.15) is 0 Å². The molecule has 1 atom stereocenters. The third-order valence-corrected chi connectivity index (χ3v) is 2.94. The Bertz CT molecular complexity index is 193. The number of nitrogens with two attached hydrogens (primary N) is 1. The van der Waals surface area contributed by atoms with Crippen molar-refractivity contribution in [2.45, 2.75) is 71.8 Å². The summed E-state index contributed by atoms with van der Waals surface area (Å²) >= 11 is 0. The standard InChI is InChI=1S/C14H30N2O/c1-12(2)9-10-13(3)16-14(17)8-6-4-5-7-11-15/h12-13H,4-11,15H2,1-3H3,(H,16,17). The van der Waals surface area contributed by atoms with Gasteiger partial charge in [0.1, 0.15) is 0 Å². The van der Waals surface area contributed by atoms with E-state index < -0.39 is 0 Å². The molecule has 17 heavy (non-hydrogen) atoms. The number of hydrogen-bond acceptors (Lipinski definition) is 2. The quantitative estimate of drug-likeness (QED) is 0.579. The van der Waals surface area contributed by atoms with E-state index in [0.29, 0.717) is 18.4 Å². The van der Waals surface area contributed by atoms with Gasteiger partial charge in [0, 0.05) is 12.5 Å². The molecule has 0 fully saturated rings. The third-order valence-electron chi connectivity index (χ3n) is 2.94. The highest BCUT2D eigenvalue weighted by molar-refractivity contribution is 5.76. The van der Waals surface area contributed by atoms with Crippen molar-refractivity contribution in [3.8, 4) is 0 Å². The largest absolute Gasteiger partial charge is 0.354 e. The molecule has 0 saturated heterocycles. The van der Waals surface area contributed by atoms with Crippen molar-refractivity contribution in [3.05, 3.63) is 0 Å². The van der Waals surface area contributed by atoms with Crippen LogP contribution in [0.25, 0.3) is 0 Å². The number of amides is 1. The maximum Gasteiger partial charge on any atom is 0.220 e. The van der Waals surface area contributed by atoms with Crippen LogP contribution in [0.4, 0.5) is 0 Å². The predicted octanol–water partition coefficient (Wildman–Crippen LogP) is 2.84. The van der Waals surface area contributed by atoms with Gasteiger partial charge in [0.15, 0.2) is 0 Å². The van der Waals surface area contributed by atoms with Crippen LogP contribution in [-0.4, -0.2) is 18.5 Å². The highest BCUT2D eigenvalue weighted by Gasteiger charge is 2.07. The smallest absolute Gasteiger partial charge is 0.220 e. The fourth-order valence-electron chi connectivity index (χ4n) is 1.79. The Balaban J connectivity index is 3.44. The third kappa shape index (κ3) is 11.7. The lowest BCUT2D eigenvalue weighted by atomic mass is 10.0. The maximum atomic E-state index is 11.6. The normalized spacial score (nSPS) is 12.8. The second kappa shape index (κ2) is 10.6. The Labute approximate surface area is 107 Å². The van der Waals surface area contributed by atoms with Gasteiger partial charge in [-0.25, -0.2) is 0 Å². The van der Waals surface area contributed by atoms with E-state index in [-0.39, 0.29) is 5.91 Å². The predicted molar refractivity (Wildman–Crippen MR) is 73.8 cm³/mol. The van der Waals surface area contributed by atoms with Crippen LogP contribution in [0.3, 0.4) is 0 Å². The van der Waals surface area contributed by atoms with E-state index in [9.17, 15) is 4.79 Å². The van der Waals surface area contributed by atoms with Gasteiger partial charge in [0.25, 0.3) is 0 Å². The van der Waals surface area contributed by atoms with Crippen molar-refractivity contribution in [1.29, 1.82) is 0 Å². The Hall–Kier alpha value is -0.570. The summed E-state index contributed by atoms with van der Waals surface area (Å²) in [6, 6.07) is 0.314. The highest BCUT2D eigenvalue weighted by atomic mass is 16.1. The summed E-state index contributed by atoms with van der Waals surface area (Å²) in [7, 11) is 0. The number of hydrogen-bond donors (Lipinski definition) is 2. The summed E-state index contributed by atoms with van der Waals surface area (Å²) in [5, 5.41) is 3.06. The van der Waals surface area contributed by atoms with Crippen LogP contribution in [-0.2, 0) is 4.79 Å². The van der Waals surface area contributed by atoms with Crippen LogP contribution < -0.4 is 11.1 Å². The first-order valence-corrected chi connectivity index (χ1v) is 7.05. The Kier molecular flexibility index (Phi) is 10.2. The number of carbonyl (C=O) groups excluding carboxylic acids is 1. The van der Waals surface area contributed by atoms with Gasteiger partial charge >= 0.3 is 0 Å². The molecular weight excluding hydrogens is 212 g/mol. The average Bonchev–Trinajstić information content (AvgIpc) is 2.26. The van der Waals surface area contributed by atoms with Crippen molar-refractivity contribution in [3.63, 3.8) is 0 Å². The maximum absolute atomic E-state index is 11.6. The van der Waals surface area contributed by atoms with E-state index in [1.807, 2.05) is 0 Å². The van der Waals surface area contributed by atoms with Crippen molar-refractivity contribution in [1.82, 2.24) is 5.32 Å². The molecule has 0 aromatic heterocycles. The second-order valence-electron chi connectivity index (χ2n) is 5.39. The molecular formula is C14H30N2O. The first-order valence-electron chi connectivity index (χ1n) is 7.05. The molecule has 3 heteroatoms. The van der Waals surface area contributed by atoms with Crippen LogP contribution >= 0.6 is 0 Å². The number of carbonyl (C=O) groups is 1. The molecule has 0 aliphatic carbocycles. The van der Waals surface area contributed by atoms with E-state index >= 15 is 0 Å². The summed E-state index contributed by atoms with van der Waals surface area (Å²) in [6.07, 6.45) is 7.25. The summed E-state index contributed by atoms with van der Waals surface area (Å²) in [4.78, 5) is 11.6. The molecule has 0 aliphatic rings. The number of unbranched alkanes of at least 4 members (excludes halogenated alkanes) is 3. The topological polar surface area (TPSA) is 55.1 Å². The van der Waals surface area contributed by atoms with Crippen molar-refractivity contribution in [2.75, 3.05) is 6.54 Å². The van der Waals surface area contributed by atoms with Crippen LogP contribution in [0.5, 0.6) is 0 Å². The molecule has 3 N–H and O–H groups in total. The molecule has 0 aromatic rings. The van der Waals surface area contributed by atoms with Crippen LogP contribution in [0.1, 0.15) is 65.7 Å². The molecule has 0 heterocycles. The van der Waals surface area contributed by atoms with Gasteiger partial charge in [-0.15, -0.1) is 0 Å². The molecule has 0 spiro atoms. The molecule has 0 saturated carbocycles. The molecule has 1 unspecified atom stereocenters. The Morgan fingerprint density at radius 2 is 1.71 bits per heavy atom. The van der Waals surface area contributed by atoms with E-state index in [1.165, 1.54) is 6.42 Å². The summed E-state index contributed by atoms with van der Waals surface area (Å²) < 4.78 is 0. The van der Waals surface area contributed by atoms with Crippen LogP contribution in [0, 0.1) is 5.92 Å². The fraction of sp³-hybridized carbons (Fsp3) is 0.929. The van der Waals surface area contributed by atoms with E-state index in [4.69, 9.17) is 5.73 Å². The zero-order valence-electron chi connectivity index (χ0n) is 11.8. The Morgan fingerprint density at radius 3 is 2.29 bits per heavy atom. The van der Waals surface area contributed by atoms with Crippen LogP contribution in [0.15, 0.2) is 0 Å². The van der Waals surface area contributed by atoms with E-state index in [1.54, 1.807) is 0 Å². The van der Waals surface area contributed by atoms with Gasteiger partial charge in [0.2, 0.25) is 5.91 Å². The van der Waals surface area contributed by atoms with Gasteiger partial charge in [0.05, 0.1) is 0 Å². The molecule has 102 valence electrons. The molecule has 0 bridgehead atoms. The van der Waals surface area contributed by atoms with Crippen LogP contribution in [0.2, 0.25) is 0 Å². The zero-order valence-corrected chi connectivity index (χ0v) is 11.8. The average molecular weight is 242 g/mol. The van der Waals surface area contributed by atoms with E-state index in [2.05, 4.69) is 26.1 Å². The molecule has 0 radical (unpaired) electrons. The number of rotatable bonds is 10. The first-order chi connectivity index (χ1) is 8.06. The molecule has 0 rings (SSSR count). The number of nitrogens with one attached hydrogen (secondary N) is 1. The van der Waals surface area contributed by atoms with Crippen molar-refractivity contribution >= 4 is 5.91 Å². The van der Waals surface area contributed by atoms with Crippen molar-refractivity contribution < 1.29 is 4.79 Å². The minimum Gasteiger partial charge on any atom is -0.354 e. The van der Waals surface area contributed by atoms with Gasteiger partial charge in [-0.1, -0.05) is 26.7 Å². The minimum atomic E-state index is 0.203. The molecule has 1 amide bonds. The lowest BCUT2D eigenvalue weighted by Gasteiger charge is -2.15. The van der Waals surface area contributed by atoms with Gasteiger partial charge in [-0.05, 0) is 45.1 Å². The minimum absolute atomic E-state index is 0.203. The summed E-state index contributed by atoms with van der Waals surface area (Å²) in [5.41, 5.74) is 5.41. The lowest BCUT2D eigenvalue weighted by molar-refractivity contribution is -0.121. The van der Waals surface area contributed by atoms with E-state index in [0.717, 1.165) is 38.6 Å². The highest BCUT2D eigenvalue weighted by Crippen LogP contribution is 2.07. The second-order valence-corrected chi connectivity index (χ2v) is 5.39. The van der Waals surface area contributed by atoms with Gasteiger partial charge in [-0.3, -0.25) is 4.79 Å². The zero-order chi connectivity index (χ0) is 13.1. The molecule has 3 nitrogen and oxygen atoms in total. The monoisotopic (exact) mass is 242 g/mol. The lowest BCUT2D eigenvalue weighted by Crippen LogP contribution is -2.32. The Morgan fingerprint density at radius 1 is 1.06 bits per heavy atom. The van der Waals surface area contributed by atoms with Crippen molar-refractivity contribution in [2.24, 2.45) is 11.7 Å². The fourth-order valence-corrected chi connectivity index (χ4v) is 1.79. The summed E-state index contributed by atoms with van der Waals surface area (Å²) in [6.45, 7) is 7.28.